The predicted molar refractivity (Wildman–Crippen MR) is 56.4 cm³/mol. The Hall–Kier alpha value is -1.25. The summed E-state index contributed by atoms with van der Waals surface area (Å²) >= 11 is 0. The maximum atomic E-state index is 5.73. The van der Waals surface area contributed by atoms with Gasteiger partial charge in [-0.15, -0.1) is 0 Å². The lowest BCUT2D eigenvalue weighted by Gasteiger charge is -2.13. The molecule has 1 fully saturated rings. The van der Waals surface area contributed by atoms with Crippen molar-refractivity contribution in [1.82, 2.24) is 4.98 Å². The second kappa shape index (κ2) is 3.86. The van der Waals surface area contributed by atoms with Crippen LogP contribution in [0.3, 0.4) is 0 Å². The van der Waals surface area contributed by atoms with Gasteiger partial charge in [0.25, 0.3) is 0 Å². The van der Waals surface area contributed by atoms with Crippen LogP contribution in [0.25, 0.3) is 0 Å². The van der Waals surface area contributed by atoms with Crippen molar-refractivity contribution in [3.8, 4) is 5.88 Å². The van der Waals surface area contributed by atoms with Gasteiger partial charge in [0.2, 0.25) is 5.88 Å². The lowest BCUT2D eigenvalue weighted by atomic mass is 9.98. The summed E-state index contributed by atoms with van der Waals surface area (Å²) in [7, 11) is 1.66. The van der Waals surface area contributed by atoms with Gasteiger partial charge in [0, 0.05) is 5.56 Å². The Kier molecular flexibility index (Phi) is 2.57. The molecule has 76 valence electrons. The van der Waals surface area contributed by atoms with Crippen molar-refractivity contribution >= 4 is 5.69 Å². The van der Waals surface area contributed by atoms with Crippen molar-refractivity contribution in [2.45, 2.75) is 31.6 Å². The van der Waals surface area contributed by atoms with Gasteiger partial charge in [0.15, 0.2) is 0 Å². The third-order valence-corrected chi connectivity index (χ3v) is 2.89. The number of pyridine rings is 1. The van der Waals surface area contributed by atoms with Gasteiger partial charge >= 0.3 is 0 Å². The molecule has 1 aliphatic carbocycles. The molecule has 0 bridgehead atoms. The highest BCUT2D eigenvalue weighted by Crippen LogP contribution is 2.38. The minimum Gasteiger partial charge on any atom is -0.481 e. The lowest BCUT2D eigenvalue weighted by molar-refractivity contribution is 0.388. The molecule has 2 N–H and O–H groups in total. The molecule has 1 aliphatic rings. The van der Waals surface area contributed by atoms with Crippen LogP contribution in [0.1, 0.15) is 37.2 Å². The standard InChI is InChI=1S/C11H16N2O/c1-14-11-10(6-9(12)7-13-11)8-4-2-3-5-8/h6-8H,2-5,12H2,1H3. The number of anilines is 1. The number of rotatable bonds is 2. The number of nitrogens with zero attached hydrogens (tertiary/aromatic N) is 1. The fraction of sp³-hybridized carbons (Fsp3) is 0.545. The molecule has 3 heteroatoms. The maximum absolute atomic E-state index is 5.73. The zero-order valence-corrected chi connectivity index (χ0v) is 8.49. The van der Waals surface area contributed by atoms with E-state index in [1.54, 1.807) is 13.3 Å². The van der Waals surface area contributed by atoms with Gasteiger partial charge in [-0.05, 0) is 24.8 Å². The minimum absolute atomic E-state index is 0.598. The molecular weight excluding hydrogens is 176 g/mol. The van der Waals surface area contributed by atoms with Crippen molar-refractivity contribution < 1.29 is 4.74 Å². The van der Waals surface area contributed by atoms with E-state index in [4.69, 9.17) is 10.5 Å². The van der Waals surface area contributed by atoms with Gasteiger partial charge in [-0.2, -0.15) is 0 Å². The number of ether oxygens (including phenoxy) is 1. The van der Waals surface area contributed by atoms with Crippen molar-refractivity contribution in [1.29, 1.82) is 0 Å². The molecule has 3 nitrogen and oxygen atoms in total. The molecule has 0 saturated heterocycles. The molecule has 1 saturated carbocycles. The third-order valence-electron chi connectivity index (χ3n) is 2.89. The molecule has 14 heavy (non-hydrogen) atoms. The fourth-order valence-corrected chi connectivity index (χ4v) is 2.19. The molecule has 0 unspecified atom stereocenters. The second-order valence-corrected chi connectivity index (χ2v) is 3.85. The largest absolute Gasteiger partial charge is 0.481 e. The summed E-state index contributed by atoms with van der Waals surface area (Å²) in [6.45, 7) is 0. The van der Waals surface area contributed by atoms with Crippen LogP contribution < -0.4 is 10.5 Å². The normalized spacial score (nSPS) is 17.2. The van der Waals surface area contributed by atoms with Gasteiger partial charge in [-0.25, -0.2) is 4.98 Å². The summed E-state index contributed by atoms with van der Waals surface area (Å²) in [6.07, 6.45) is 6.74. The number of hydrogen-bond acceptors (Lipinski definition) is 3. The summed E-state index contributed by atoms with van der Waals surface area (Å²) < 4.78 is 5.25. The highest BCUT2D eigenvalue weighted by molar-refractivity contribution is 5.44. The molecule has 1 aromatic heterocycles. The molecule has 0 aliphatic heterocycles. The van der Waals surface area contributed by atoms with Crippen LogP contribution >= 0.6 is 0 Å². The van der Waals surface area contributed by atoms with E-state index in [9.17, 15) is 0 Å². The van der Waals surface area contributed by atoms with Gasteiger partial charge in [-0.1, -0.05) is 12.8 Å². The Morgan fingerprint density at radius 2 is 2.14 bits per heavy atom. The van der Waals surface area contributed by atoms with E-state index < -0.39 is 0 Å². The molecular formula is C11H16N2O. The molecule has 0 spiro atoms. The van der Waals surface area contributed by atoms with Crippen molar-refractivity contribution in [2.75, 3.05) is 12.8 Å². The Labute approximate surface area is 84.3 Å². The topological polar surface area (TPSA) is 48.1 Å². The lowest BCUT2D eigenvalue weighted by Crippen LogP contribution is -2.01. The SMILES string of the molecule is COc1ncc(N)cc1C1CCCC1. The van der Waals surface area contributed by atoms with Crippen molar-refractivity contribution in [3.05, 3.63) is 17.8 Å². The molecule has 2 rings (SSSR count). The minimum atomic E-state index is 0.598. The average Bonchev–Trinajstić information content (AvgIpc) is 2.70. The quantitative estimate of drug-likeness (QED) is 0.782. The van der Waals surface area contributed by atoms with Crippen LogP contribution in [0, 0.1) is 0 Å². The van der Waals surface area contributed by atoms with Crippen LogP contribution in [0.15, 0.2) is 12.3 Å². The van der Waals surface area contributed by atoms with Crippen molar-refractivity contribution in [3.63, 3.8) is 0 Å². The monoisotopic (exact) mass is 192 g/mol. The van der Waals surface area contributed by atoms with E-state index >= 15 is 0 Å². The zero-order chi connectivity index (χ0) is 9.97. The second-order valence-electron chi connectivity index (χ2n) is 3.85. The predicted octanol–water partition coefficient (Wildman–Crippen LogP) is 2.33. The molecule has 1 heterocycles. The summed E-state index contributed by atoms with van der Waals surface area (Å²) in [4.78, 5) is 4.19. The third kappa shape index (κ3) is 1.67. The Morgan fingerprint density at radius 3 is 2.79 bits per heavy atom. The summed E-state index contributed by atoms with van der Waals surface area (Å²) in [5.74, 6) is 1.34. The Balaban J connectivity index is 2.33. The van der Waals surface area contributed by atoms with Crippen LogP contribution in [0.5, 0.6) is 5.88 Å². The number of methoxy groups -OCH3 is 1. The van der Waals surface area contributed by atoms with Crippen LogP contribution in [0.2, 0.25) is 0 Å². The van der Waals surface area contributed by atoms with Gasteiger partial charge in [-0.3, -0.25) is 0 Å². The first-order valence-electron chi connectivity index (χ1n) is 5.10. The molecule has 1 aromatic rings. The van der Waals surface area contributed by atoms with Gasteiger partial charge in [0.1, 0.15) is 0 Å². The van der Waals surface area contributed by atoms with E-state index in [2.05, 4.69) is 4.98 Å². The first-order valence-corrected chi connectivity index (χ1v) is 5.10. The summed E-state index contributed by atoms with van der Waals surface area (Å²) in [5, 5.41) is 0. The fourth-order valence-electron chi connectivity index (χ4n) is 2.19. The van der Waals surface area contributed by atoms with Crippen molar-refractivity contribution in [2.24, 2.45) is 0 Å². The van der Waals surface area contributed by atoms with E-state index in [-0.39, 0.29) is 0 Å². The number of hydrogen-bond donors (Lipinski definition) is 1. The summed E-state index contributed by atoms with van der Waals surface area (Å²) in [5.41, 5.74) is 7.65. The smallest absolute Gasteiger partial charge is 0.216 e. The number of nitrogens with two attached hydrogens (primary N) is 1. The van der Waals surface area contributed by atoms with Crippen LogP contribution in [-0.4, -0.2) is 12.1 Å². The highest BCUT2D eigenvalue weighted by atomic mass is 16.5. The average molecular weight is 192 g/mol. The zero-order valence-electron chi connectivity index (χ0n) is 8.49. The Morgan fingerprint density at radius 1 is 1.43 bits per heavy atom. The van der Waals surface area contributed by atoms with Crippen LogP contribution in [-0.2, 0) is 0 Å². The molecule has 0 aromatic carbocycles. The number of aromatic nitrogens is 1. The van der Waals surface area contributed by atoms with Gasteiger partial charge < -0.3 is 10.5 Å². The number of nitrogen functional groups attached to an aromatic ring is 1. The highest BCUT2D eigenvalue weighted by Gasteiger charge is 2.21. The summed E-state index contributed by atoms with van der Waals surface area (Å²) in [6, 6.07) is 2.00. The van der Waals surface area contributed by atoms with E-state index in [1.165, 1.54) is 31.2 Å². The Bertz CT molecular complexity index is 319. The van der Waals surface area contributed by atoms with E-state index in [1.807, 2.05) is 6.07 Å². The first kappa shape index (κ1) is 9.31. The van der Waals surface area contributed by atoms with E-state index in [0.29, 0.717) is 5.92 Å². The molecule has 0 atom stereocenters. The van der Waals surface area contributed by atoms with Gasteiger partial charge in [0.05, 0.1) is 19.0 Å². The molecule has 0 radical (unpaired) electrons. The maximum Gasteiger partial charge on any atom is 0.216 e. The molecule has 0 amide bonds. The van der Waals surface area contributed by atoms with Crippen LogP contribution in [0.4, 0.5) is 5.69 Å². The first-order chi connectivity index (χ1) is 6.81. The van der Waals surface area contributed by atoms with E-state index in [0.717, 1.165) is 11.6 Å².